The highest BCUT2D eigenvalue weighted by Crippen LogP contribution is 2.35. The molecule has 1 atom stereocenters. The molecule has 17 heavy (non-hydrogen) atoms. The molecule has 1 aliphatic heterocycles. The highest BCUT2D eigenvalue weighted by Gasteiger charge is 2.48. The third-order valence-electron chi connectivity index (χ3n) is 3.88. The summed E-state index contributed by atoms with van der Waals surface area (Å²) >= 11 is 0. The van der Waals surface area contributed by atoms with E-state index in [2.05, 4.69) is 4.90 Å². The Bertz CT molecular complexity index is 350. The van der Waals surface area contributed by atoms with Gasteiger partial charge in [-0.15, -0.1) is 0 Å². The fraction of sp³-hybridized carbons (Fsp3) is 0.833. The standard InChI is InChI=1S/C12H20N2O3/c1-12(2)7-14(8-4-5-8)9(6-10(15)16)11(17)13(12)3/h8-9H,4-7H2,1-3H3,(H,15,16). The zero-order valence-corrected chi connectivity index (χ0v) is 10.6. The van der Waals surface area contributed by atoms with Crippen LogP contribution in [0, 0.1) is 0 Å². The lowest BCUT2D eigenvalue weighted by Crippen LogP contribution is -2.65. The fourth-order valence-electron chi connectivity index (χ4n) is 2.49. The smallest absolute Gasteiger partial charge is 0.305 e. The molecule has 1 N–H and O–H groups in total. The van der Waals surface area contributed by atoms with Crippen LogP contribution in [0.1, 0.15) is 33.1 Å². The molecule has 0 aromatic rings. The minimum atomic E-state index is -0.901. The van der Waals surface area contributed by atoms with Crippen molar-refractivity contribution >= 4 is 11.9 Å². The lowest BCUT2D eigenvalue weighted by atomic mass is 9.94. The first kappa shape index (κ1) is 12.4. The SMILES string of the molecule is CN1C(=O)C(CC(=O)O)N(C2CC2)CC1(C)C. The molecule has 1 heterocycles. The van der Waals surface area contributed by atoms with E-state index in [1.54, 1.807) is 11.9 Å². The Morgan fingerprint density at radius 3 is 2.53 bits per heavy atom. The van der Waals surface area contributed by atoms with Gasteiger partial charge in [-0.05, 0) is 26.7 Å². The van der Waals surface area contributed by atoms with Crippen LogP contribution in [0.5, 0.6) is 0 Å². The van der Waals surface area contributed by atoms with Crippen molar-refractivity contribution in [1.82, 2.24) is 9.80 Å². The predicted octanol–water partition coefficient (Wildman–Crippen LogP) is 0.545. The molecule has 0 bridgehead atoms. The number of nitrogens with zero attached hydrogens (tertiary/aromatic N) is 2. The molecular weight excluding hydrogens is 220 g/mol. The third kappa shape index (κ3) is 2.29. The second-order valence-electron chi connectivity index (χ2n) is 5.73. The van der Waals surface area contributed by atoms with Gasteiger partial charge in [-0.25, -0.2) is 0 Å². The Hall–Kier alpha value is -1.10. The van der Waals surface area contributed by atoms with Gasteiger partial charge in [-0.1, -0.05) is 0 Å². The number of carbonyl (C=O) groups is 2. The van der Waals surface area contributed by atoms with Crippen molar-refractivity contribution in [3.63, 3.8) is 0 Å². The highest BCUT2D eigenvalue weighted by molar-refractivity contribution is 5.87. The number of amides is 1. The van der Waals surface area contributed by atoms with Gasteiger partial charge in [0.2, 0.25) is 5.91 Å². The molecule has 0 aromatic heterocycles. The lowest BCUT2D eigenvalue weighted by Gasteiger charge is -2.49. The molecule has 96 valence electrons. The lowest BCUT2D eigenvalue weighted by molar-refractivity contribution is -0.155. The Morgan fingerprint density at radius 1 is 1.47 bits per heavy atom. The number of rotatable bonds is 3. The van der Waals surface area contributed by atoms with Crippen LogP contribution in [0.15, 0.2) is 0 Å². The monoisotopic (exact) mass is 240 g/mol. The summed E-state index contributed by atoms with van der Waals surface area (Å²) in [7, 11) is 1.77. The maximum atomic E-state index is 12.2. The molecule has 5 heteroatoms. The van der Waals surface area contributed by atoms with Crippen molar-refractivity contribution < 1.29 is 14.7 Å². The summed E-state index contributed by atoms with van der Waals surface area (Å²) in [5.74, 6) is -0.961. The van der Waals surface area contributed by atoms with Gasteiger partial charge in [0.25, 0.3) is 0 Å². The van der Waals surface area contributed by atoms with Gasteiger partial charge >= 0.3 is 5.97 Å². The van der Waals surface area contributed by atoms with Crippen LogP contribution in [0.2, 0.25) is 0 Å². The molecule has 0 aromatic carbocycles. The first-order valence-electron chi connectivity index (χ1n) is 6.08. The minimum absolute atomic E-state index is 0.0597. The second-order valence-corrected chi connectivity index (χ2v) is 5.73. The van der Waals surface area contributed by atoms with Crippen molar-refractivity contribution in [3.8, 4) is 0 Å². The summed E-state index contributed by atoms with van der Waals surface area (Å²) in [4.78, 5) is 26.9. The van der Waals surface area contributed by atoms with Crippen LogP contribution < -0.4 is 0 Å². The Balaban J connectivity index is 2.21. The minimum Gasteiger partial charge on any atom is -0.481 e. The summed E-state index contributed by atoms with van der Waals surface area (Å²) in [6.45, 7) is 4.81. The van der Waals surface area contributed by atoms with Gasteiger partial charge in [-0.3, -0.25) is 14.5 Å². The van der Waals surface area contributed by atoms with Crippen molar-refractivity contribution in [1.29, 1.82) is 0 Å². The van der Waals surface area contributed by atoms with E-state index < -0.39 is 12.0 Å². The predicted molar refractivity (Wildman–Crippen MR) is 62.6 cm³/mol. The van der Waals surface area contributed by atoms with E-state index >= 15 is 0 Å². The van der Waals surface area contributed by atoms with Gasteiger partial charge in [0.15, 0.2) is 0 Å². The van der Waals surface area contributed by atoms with Crippen molar-refractivity contribution in [2.45, 2.75) is 50.7 Å². The summed E-state index contributed by atoms with van der Waals surface area (Å²) in [5.41, 5.74) is -0.214. The van der Waals surface area contributed by atoms with Gasteiger partial charge in [0, 0.05) is 25.2 Å². The van der Waals surface area contributed by atoms with E-state index in [4.69, 9.17) is 5.11 Å². The van der Waals surface area contributed by atoms with Gasteiger partial charge in [0.1, 0.15) is 6.04 Å². The van der Waals surface area contributed by atoms with Crippen LogP contribution in [0.3, 0.4) is 0 Å². The first-order chi connectivity index (χ1) is 7.83. The summed E-state index contributed by atoms with van der Waals surface area (Å²) in [6, 6.07) is -0.0608. The molecule has 5 nitrogen and oxygen atoms in total. The number of hydrogen-bond acceptors (Lipinski definition) is 3. The van der Waals surface area contributed by atoms with Crippen molar-refractivity contribution in [3.05, 3.63) is 0 Å². The maximum absolute atomic E-state index is 12.2. The number of carboxylic acids is 1. The topological polar surface area (TPSA) is 60.9 Å². The van der Waals surface area contributed by atoms with Crippen molar-refractivity contribution in [2.24, 2.45) is 0 Å². The van der Waals surface area contributed by atoms with Crippen LogP contribution in [-0.2, 0) is 9.59 Å². The van der Waals surface area contributed by atoms with Gasteiger partial charge < -0.3 is 10.0 Å². The maximum Gasteiger partial charge on any atom is 0.305 e. The van der Waals surface area contributed by atoms with E-state index in [9.17, 15) is 9.59 Å². The molecule has 0 radical (unpaired) electrons. The number of aliphatic carboxylic acids is 1. The molecule has 1 amide bonds. The van der Waals surface area contributed by atoms with E-state index in [1.165, 1.54) is 0 Å². The molecule has 1 unspecified atom stereocenters. The quantitative estimate of drug-likeness (QED) is 0.782. The normalized spacial score (nSPS) is 29.5. The van der Waals surface area contributed by atoms with E-state index in [-0.39, 0.29) is 17.9 Å². The summed E-state index contributed by atoms with van der Waals surface area (Å²) < 4.78 is 0. The van der Waals surface area contributed by atoms with Crippen LogP contribution in [0.25, 0.3) is 0 Å². The van der Waals surface area contributed by atoms with Crippen LogP contribution in [-0.4, -0.2) is 58.0 Å². The average molecular weight is 240 g/mol. The van der Waals surface area contributed by atoms with E-state index in [0.717, 1.165) is 19.4 Å². The fourth-order valence-corrected chi connectivity index (χ4v) is 2.49. The van der Waals surface area contributed by atoms with Crippen LogP contribution >= 0.6 is 0 Å². The number of likely N-dealkylation sites (N-methyl/N-ethyl adjacent to an activating group) is 1. The average Bonchev–Trinajstić information content (AvgIpc) is 3.02. The molecule has 2 aliphatic rings. The molecule has 2 fully saturated rings. The third-order valence-corrected chi connectivity index (χ3v) is 3.88. The molecular formula is C12H20N2O3. The Labute approximate surface area is 101 Å². The summed E-state index contributed by atoms with van der Waals surface area (Å²) in [5, 5.41) is 8.92. The second kappa shape index (κ2) is 3.98. The highest BCUT2D eigenvalue weighted by atomic mass is 16.4. The number of hydrogen-bond donors (Lipinski definition) is 1. The number of carboxylic acid groups (broad SMARTS) is 1. The zero-order chi connectivity index (χ0) is 12.8. The number of carbonyl (C=O) groups excluding carboxylic acids is 1. The van der Waals surface area contributed by atoms with E-state index in [1.807, 2.05) is 13.8 Å². The molecule has 0 spiro atoms. The number of piperazine rings is 1. The molecule has 1 aliphatic carbocycles. The van der Waals surface area contributed by atoms with E-state index in [0.29, 0.717) is 6.04 Å². The molecule has 2 rings (SSSR count). The molecule has 1 saturated carbocycles. The van der Waals surface area contributed by atoms with Crippen molar-refractivity contribution in [2.75, 3.05) is 13.6 Å². The molecule has 1 saturated heterocycles. The van der Waals surface area contributed by atoms with Crippen LogP contribution in [0.4, 0.5) is 0 Å². The van der Waals surface area contributed by atoms with Gasteiger partial charge in [-0.2, -0.15) is 0 Å². The van der Waals surface area contributed by atoms with Gasteiger partial charge in [0.05, 0.1) is 6.42 Å². The Morgan fingerprint density at radius 2 is 2.06 bits per heavy atom. The first-order valence-corrected chi connectivity index (χ1v) is 6.08. The zero-order valence-electron chi connectivity index (χ0n) is 10.6. The summed E-state index contributed by atoms with van der Waals surface area (Å²) in [6.07, 6.45) is 2.09. The largest absolute Gasteiger partial charge is 0.481 e. The Kier molecular flexibility index (Phi) is 2.89.